The van der Waals surface area contributed by atoms with Crippen LogP contribution in [0, 0.1) is 0 Å². The Bertz CT molecular complexity index is 764. The van der Waals surface area contributed by atoms with Gasteiger partial charge in [-0.2, -0.15) is 0 Å². The quantitative estimate of drug-likeness (QED) is 0.0508. The van der Waals surface area contributed by atoms with Crippen molar-refractivity contribution in [1.29, 1.82) is 0 Å². The first-order valence-electron chi connectivity index (χ1n) is 12.9. The Morgan fingerprint density at radius 1 is 0.684 bits per heavy atom. The van der Waals surface area contributed by atoms with Crippen molar-refractivity contribution < 1.29 is 39.6 Å². The number of amides is 5. The zero-order valence-corrected chi connectivity index (χ0v) is 22.3. The third-order valence-electron chi connectivity index (χ3n) is 5.34. The maximum absolute atomic E-state index is 12.0. The highest BCUT2D eigenvalue weighted by Crippen LogP contribution is 2.02. The third-order valence-corrected chi connectivity index (χ3v) is 5.34. The van der Waals surface area contributed by atoms with Crippen molar-refractivity contribution in [2.24, 2.45) is 5.73 Å². The number of hydrogen-bond acceptors (Lipinski definition) is 9. The fraction of sp³-hybridized carbons (Fsp3) is 0.708. The molecule has 0 aliphatic heterocycles. The van der Waals surface area contributed by atoms with Crippen molar-refractivity contribution in [2.75, 3.05) is 39.3 Å². The molecule has 5 amide bonds. The summed E-state index contributed by atoms with van der Waals surface area (Å²) in [5.41, 5.74) is 5.36. The number of nitrogens with zero attached hydrogens (tertiary/aromatic N) is 3. The van der Waals surface area contributed by atoms with Gasteiger partial charge in [0.2, 0.25) is 29.5 Å². The smallest absolute Gasteiger partial charge is 0.246 e. The Morgan fingerprint density at radius 2 is 1.21 bits per heavy atom. The van der Waals surface area contributed by atoms with E-state index in [-0.39, 0.29) is 57.1 Å². The zero-order chi connectivity index (χ0) is 28.8. The van der Waals surface area contributed by atoms with E-state index in [0.29, 0.717) is 73.3 Å². The Balaban J connectivity index is 3.80. The van der Waals surface area contributed by atoms with E-state index < -0.39 is 17.7 Å². The minimum absolute atomic E-state index is 0.0282. The molecule has 0 spiro atoms. The Morgan fingerprint density at radius 3 is 1.74 bits per heavy atom. The van der Waals surface area contributed by atoms with Crippen LogP contribution in [0.1, 0.15) is 71.1 Å². The van der Waals surface area contributed by atoms with Gasteiger partial charge in [-0.15, -0.1) is 0 Å². The molecule has 0 fully saturated rings. The van der Waals surface area contributed by atoms with Gasteiger partial charge in [-0.1, -0.05) is 12.2 Å². The predicted octanol–water partition coefficient (Wildman–Crippen LogP) is 0.308. The molecule has 0 aromatic heterocycles. The van der Waals surface area contributed by atoms with E-state index in [1.165, 1.54) is 6.92 Å². The van der Waals surface area contributed by atoms with Gasteiger partial charge >= 0.3 is 0 Å². The second kappa shape index (κ2) is 22.0. The lowest BCUT2D eigenvalue weighted by Crippen LogP contribution is -2.31. The highest BCUT2D eigenvalue weighted by Gasteiger charge is 2.14. The van der Waals surface area contributed by atoms with Crippen LogP contribution >= 0.6 is 0 Å². The lowest BCUT2D eigenvalue weighted by Gasteiger charge is -2.15. The van der Waals surface area contributed by atoms with Gasteiger partial charge in [-0.3, -0.25) is 39.6 Å². The summed E-state index contributed by atoms with van der Waals surface area (Å²) in [5.74, 6) is -2.18. The van der Waals surface area contributed by atoms with Crippen LogP contribution in [0.25, 0.3) is 0 Å². The normalized spacial score (nSPS) is 10.8. The molecule has 0 saturated heterocycles. The van der Waals surface area contributed by atoms with E-state index >= 15 is 0 Å². The van der Waals surface area contributed by atoms with E-state index in [2.05, 4.69) is 10.6 Å². The van der Waals surface area contributed by atoms with Gasteiger partial charge in [-0.05, 0) is 45.1 Å². The van der Waals surface area contributed by atoms with Gasteiger partial charge in [0.05, 0.1) is 6.54 Å². The minimum Gasteiger partial charge on any atom is -0.356 e. The number of rotatable bonds is 21. The van der Waals surface area contributed by atoms with Crippen LogP contribution in [0.4, 0.5) is 0 Å². The van der Waals surface area contributed by atoms with Gasteiger partial charge in [0.1, 0.15) is 0 Å². The fourth-order valence-electron chi connectivity index (χ4n) is 3.04. The first-order chi connectivity index (χ1) is 18.1. The Kier molecular flexibility index (Phi) is 20.2. The fourth-order valence-corrected chi connectivity index (χ4v) is 3.04. The molecule has 14 heteroatoms. The summed E-state index contributed by atoms with van der Waals surface area (Å²) in [6.07, 6.45) is 6.53. The zero-order valence-electron chi connectivity index (χ0n) is 22.3. The first-order valence-corrected chi connectivity index (χ1v) is 12.9. The number of nitrogens with two attached hydrogens (primary N) is 1. The van der Waals surface area contributed by atoms with Crippen LogP contribution in [0.3, 0.4) is 0 Å². The largest absolute Gasteiger partial charge is 0.356 e. The SMILES string of the molecule is CC(=O)N(O)CC=CCCNC(=O)CCC(=O)N(O)CCCCCNC(=O)CCC(=O)N(O)CCCCN. The molecule has 0 saturated carbocycles. The lowest BCUT2D eigenvalue weighted by molar-refractivity contribution is -0.166. The molecule has 0 unspecified atom stereocenters. The van der Waals surface area contributed by atoms with Crippen molar-refractivity contribution >= 4 is 29.5 Å². The van der Waals surface area contributed by atoms with Gasteiger partial charge < -0.3 is 16.4 Å². The summed E-state index contributed by atoms with van der Waals surface area (Å²) >= 11 is 0. The number of carbonyl (C=O) groups excluding carboxylic acids is 5. The highest BCUT2D eigenvalue weighted by molar-refractivity contribution is 5.83. The molecule has 0 aliphatic rings. The number of hydrogen-bond donors (Lipinski definition) is 6. The molecule has 7 N–H and O–H groups in total. The maximum atomic E-state index is 12.0. The molecule has 0 heterocycles. The summed E-state index contributed by atoms with van der Waals surface area (Å²) in [6, 6.07) is 0. The monoisotopic (exact) mass is 544 g/mol. The minimum atomic E-state index is -0.564. The topological polar surface area (TPSA) is 206 Å². The number of hydroxylamine groups is 6. The van der Waals surface area contributed by atoms with Crippen LogP contribution in [0.15, 0.2) is 12.2 Å². The molecule has 38 heavy (non-hydrogen) atoms. The molecular formula is C24H44N6O8. The van der Waals surface area contributed by atoms with E-state index in [0.717, 1.165) is 0 Å². The summed E-state index contributed by atoms with van der Waals surface area (Å²) < 4.78 is 0. The Hall–Kier alpha value is -3.07. The van der Waals surface area contributed by atoms with Crippen LogP contribution in [0.2, 0.25) is 0 Å². The molecular weight excluding hydrogens is 500 g/mol. The number of carbonyl (C=O) groups is 5. The second-order valence-corrected chi connectivity index (χ2v) is 8.65. The van der Waals surface area contributed by atoms with Crippen molar-refractivity contribution in [3.63, 3.8) is 0 Å². The number of unbranched alkanes of at least 4 members (excludes halogenated alkanes) is 3. The van der Waals surface area contributed by atoms with E-state index in [1.54, 1.807) is 12.2 Å². The van der Waals surface area contributed by atoms with Crippen molar-refractivity contribution in [3.05, 3.63) is 12.2 Å². The molecule has 0 radical (unpaired) electrons. The highest BCUT2D eigenvalue weighted by atomic mass is 16.5. The Labute approximate surface area is 223 Å². The van der Waals surface area contributed by atoms with Gasteiger partial charge in [0, 0.05) is 58.8 Å². The average Bonchev–Trinajstić information content (AvgIpc) is 2.89. The van der Waals surface area contributed by atoms with Gasteiger partial charge in [0.15, 0.2) is 0 Å². The maximum Gasteiger partial charge on any atom is 0.246 e. The molecule has 0 aromatic carbocycles. The third kappa shape index (κ3) is 19.1. The van der Waals surface area contributed by atoms with Crippen LogP contribution in [-0.2, 0) is 24.0 Å². The lowest BCUT2D eigenvalue weighted by atomic mass is 10.2. The van der Waals surface area contributed by atoms with Gasteiger partial charge in [-0.25, -0.2) is 15.2 Å². The number of nitrogens with one attached hydrogen (secondary N) is 2. The molecule has 0 bridgehead atoms. The first kappa shape index (κ1) is 34.9. The van der Waals surface area contributed by atoms with Crippen molar-refractivity contribution in [1.82, 2.24) is 25.8 Å². The second-order valence-electron chi connectivity index (χ2n) is 8.65. The van der Waals surface area contributed by atoms with E-state index in [4.69, 9.17) is 5.73 Å². The van der Waals surface area contributed by atoms with Crippen molar-refractivity contribution in [2.45, 2.75) is 71.1 Å². The standard InChI is InChI=1S/C24H44N6O8/c1-20(31)28(36)17-7-2-5-15-26-21(32)10-12-23(34)29(37)18-8-3-6-16-27-22(33)11-13-24(35)30(38)19-9-4-14-25/h2,7,36-38H,3-6,8-19,25H2,1H3,(H,26,32)(H,27,33). The molecule has 0 rings (SSSR count). The van der Waals surface area contributed by atoms with Gasteiger partial charge in [0.25, 0.3) is 0 Å². The van der Waals surface area contributed by atoms with E-state index in [1.807, 2.05) is 0 Å². The summed E-state index contributed by atoms with van der Waals surface area (Å²) in [7, 11) is 0. The van der Waals surface area contributed by atoms with Crippen LogP contribution in [0.5, 0.6) is 0 Å². The molecule has 0 aromatic rings. The van der Waals surface area contributed by atoms with Crippen molar-refractivity contribution in [3.8, 4) is 0 Å². The predicted molar refractivity (Wildman–Crippen MR) is 137 cm³/mol. The molecule has 218 valence electrons. The van der Waals surface area contributed by atoms with Crippen LogP contribution in [-0.4, -0.2) is 99.6 Å². The molecule has 14 nitrogen and oxygen atoms in total. The summed E-state index contributed by atoms with van der Waals surface area (Å²) in [4.78, 5) is 58.2. The molecule has 0 atom stereocenters. The summed E-state index contributed by atoms with van der Waals surface area (Å²) in [5, 5.41) is 35.7. The van der Waals surface area contributed by atoms with E-state index in [9.17, 15) is 39.6 Å². The summed E-state index contributed by atoms with van der Waals surface area (Å²) in [6.45, 7) is 2.78. The average molecular weight is 545 g/mol. The molecule has 0 aliphatic carbocycles. The van der Waals surface area contributed by atoms with Crippen LogP contribution < -0.4 is 16.4 Å².